The minimum Gasteiger partial charge on any atom is -0.288 e. The van der Waals surface area contributed by atoms with E-state index < -0.39 is 0 Å². The highest BCUT2D eigenvalue weighted by atomic mass is 32.2. The standard InChI is InChI=1S/C17H27OS/c1-3-10-15(4-2)16(18)17(11-6-5-7-12-17)19-13-8-9-14-19/h3-4,10H,5-9,11-14H2,1-2H3/q+1/b10-3-,15-4+. The molecule has 0 aromatic carbocycles. The van der Waals surface area contributed by atoms with E-state index in [0.29, 0.717) is 16.7 Å². The number of hydrogen-bond acceptors (Lipinski definition) is 1. The van der Waals surface area contributed by atoms with Crippen LogP contribution in [-0.4, -0.2) is 22.0 Å². The molecule has 0 aromatic rings. The molecule has 1 aliphatic heterocycles. The Balaban J connectivity index is 2.28. The minimum absolute atomic E-state index is 0.0100. The van der Waals surface area contributed by atoms with E-state index >= 15 is 0 Å². The molecule has 19 heavy (non-hydrogen) atoms. The Bertz CT molecular complexity index is 369. The summed E-state index contributed by atoms with van der Waals surface area (Å²) in [4.78, 5) is 13.1. The van der Waals surface area contributed by atoms with Crippen molar-refractivity contribution in [3.63, 3.8) is 0 Å². The summed E-state index contributed by atoms with van der Waals surface area (Å²) in [5.41, 5.74) is 0.948. The van der Waals surface area contributed by atoms with E-state index in [1.165, 1.54) is 43.6 Å². The van der Waals surface area contributed by atoms with Gasteiger partial charge >= 0.3 is 0 Å². The Hall–Kier alpha value is -0.500. The molecule has 2 fully saturated rings. The monoisotopic (exact) mass is 279 g/mol. The van der Waals surface area contributed by atoms with Crippen molar-refractivity contribution in [2.45, 2.75) is 63.5 Å². The van der Waals surface area contributed by atoms with Gasteiger partial charge in [0.2, 0.25) is 5.78 Å². The molecule has 0 bridgehead atoms. The zero-order valence-electron chi connectivity index (χ0n) is 12.4. The first-order chi connectivity index (χ1) is 9.24. The van der Waals surface area contributed by atoms with Gasteiger partial charge in [0.1, 0.15) is 11.5 Å². The van der Waals surface area contributed by atoms with E-state index in [1.54, 1.807) is 0 Å². The zero-order chi connectivity index (χ0) is 13.7. The lowest BCUT2D eigenvalue weighted by molar-refractivity contribution is -0.118. The van der Waals surface area contributed by atoms with Crippen molar-refractivity contribution in [2.24, 2.45) is 0 Å². The normalized spacial score (nSPS) is 25.1. The first-order valence-electron chi connectivity index (χ1n) is 7.76. The molecule has 1 nitrogen and oxygen atoms in total. The van der Waals surface area contributed by atoms with Gasteiger partial charge < -0.3 is 0 Å². The fraction of sp³-hybridized carbons (Fsp3) is 0.706. The van der Waals surface area contributed by atoms with Gasteiger partial charge in [-0.3, -0.25) is 4.79 Å². The molecule has 1 saturated heterocycles. The largest absolute Gasteiger partial charge is 0.288 e. The van der Waals surface area contributed by atoms with Gasteiger partial charge in [0.05, 0.1) is 0 Å². The summed E-state index contributed by atoms with van der Waals surface area (Å²) < 4.78 is 0.0100. The van der Waals surface area contributed by atoms with E-state index in [1.807, 2.05) is 32.1 Å². The van der Waals surface area contributed by atoms with E-state index in [4.69, 9.17) is 0 Å². The summed E-state index contributed by atoms with van der Waals surface area (Å²) >= 11 is 0. The minimum atomic E-state index is 0.0100. The Morgan fingerprint density at radius 3 is 2.16 bits per heavy atom. The maximum atomic E-state index is 13.1. The fourth-order valence-electron chi connectivity index (χ4n) is 3.56. The number of ketones is 1. The van der Waals surface area contributed by atoms with Crippen molar-refractivity contribution < 1.29 is 4.79 Å². The average Bonchev–Trinajstić information content (AvgIpc) is 2.99. The number of allylic oxidation sites excluding steroid dienone is 4. The van der Waals surface area contributed by atoms with Gasteiger partial charge in [-0.15, -0.1) is 0 Å². The van der Waals surface area contributed by atoms with Crippen molar-refractivity contribution in [2.75, 3.05) is 11.5 Å². The summed E-state index contributed by atoms with van der Waals surface area (Å²) in [6.45, 7) is 4.00. The van der Waals surface area contributed by atoms with Gasteiger partial charge in [-0.05, 0) is 39.5 Å². The highest BCUT2D eigenvalue weighted by molar-refractivity contribution is 7.99. The molecule has 0 aromatic heterocycles. The number of carbonyl (C=O) groups excluding carboxylic acids is 1. The summed E-state index contributed by atoms with van der Waals surface area (Å²) in [5, 5.41) is 0. The molecule has 2 rings (SSSR count). The van der Waals surface area contributed by atoms with Gasteiger partial charge in [0.15, 0.2) is 4.75 Å². The van der Waals surface area contributed by atoms with Gasteiger partial charge in [0, 0.05) is 29.3 Å². The van der Waals surface area contributed by atoms with Crippen LogP contribution in [0.15, 0.2) is 23.8 Å². The molecule has 2 heteroatoms. The van der Waals surface area contributed by atoms with Crippen molar-refractivity contribution in [1.29, 1.82) is 0 Å². The lowest BCUT2D eigenvalue weighted by Gasteiger charge is -2.34. The van der Waals surface area contributed by atoms with E-state index in [-0.39, 0.29) is 4.75 Å². The van der Waals surface area contributed by atoms with Crippen LogP contribution in [-0.2, 0) is 15.7 Å². The number of Topliss-reactive ketones (excluding diaryl/α,β-unsaturated/α-hetero) is 1. The predicted octanol–water partition coefficient (Wildman–Crippen LogP) is 4.19. The van der Waals surface area contributed by atoms with Crippen molar-refractivity contribution in [3.8, 4) is 0 Å². The maximum absolute atomic E-state index is 13.1. The molecule has 0 atom stereocenters. The van der Waals surface area contributed by atoms with Crippen LogP contribution in [0.3, 0.4) is 0 Å². The first kappa shape index (κ1) is 14.9. The highest BCUT2D eigenvalue weighted by Crippen LogP contribution is 2.42. The molecule has 0 spiro atoms. The third-order valence-electron chi connectivity index (χ3n) is 4.58. The second kappa shape index (κ2) is 6.78. The van der Waals surface area contributed by atoms with Crippen molar-refractivity contribution in [1.82, 2.24) is 0 Å². The van der Waals surface area contributed by atoms with Crippen LogP contribution in [0, 0.1) is 0 Å². The van der Waals surface area contributed by atoms with E-state index in [9.17, 15) is 4.79 Å². The van der Waals surface area contributed by atoms with Crippen LogP contribution in [0.5, 0.6) is 0 Å². The summed E-state index contributed by atoms with van der Waals surface area (Å²) in [6.07, 6.45) is 14.8. The smallest absolute Gasteiger partial charge is 0.217 e. The molecule has 1 aliphatic carbocycles. The molecule has 0 radical (unpaired) electrons. The summed E-state index contributed by atoms with van der Waals surface area (Å²) in [6, 6.07) is 0. The van der Waals surface area contributed by atoms with Crippen LogP contribution in [0.2, 0.25) is 0 Å². The lowest BCUT2D eigenvalue weighted by atomic mass is 9.82. The molecule has 1 heterocycles. The first-order valence-corrected chi connectivity index (χ1v) is 9.32. The molecular weight excluding hydrogens is 252 g/mol. The Morgan fingerprint density at radius 2 is 1.63 bits per heavy atom. The summed E-state index contributed by atoms with van der Waals surface area (Å²) in [5.74, 6) is 3.06. The number of rotatable bonds is 4. The molecular formula is C17H27OS+. The van der Waals surface area contributed by atoms with E-state index in [2.05, 4.69) is 0 Å². The van der Waals surface area contributed by atoms with Crippen LogP contribution < -0.4 is 0 Å². The van der Waals surface area contributed by atoms with Crippen LogP contribution in [0.4, 0.5) is 0 Å². The van der Waals surface area contributed by atoms with Gasteiger partial charge in [-0.2, -0.15) is 0 Å². The fourth-order valence-corrected chi connectivity index (χ4v) is 6.90. The zero-order valence-corrected chi connectivity index (χ0v) is 13.2. The molecule has 0 unspecified atom stereocenters. The van der Waals surface area contributed by atoms with Gasteiger partial charge in [-0.25, -0.2) is 0 Å². The molecule has 106 valence electrons. The highest BCUT2D eigenvalue weighted by Gasteiger charge is 2.54. The third-order valence-corrected chi connectivity index (χ3v) is 7.84. The van der Waals surface area contributed by atoms with Crippen molar-refractivity contribution in [3.05, 3.63) is 23.8 Å². The Kier molecular flexibility index (Phi) is 5.32. The predicted molar refractivity (Wildman–Crippen MR) is 85.7 cm³/mol. The molecule has 0 N–H and O–H groups in total. The Labute approximate surface area is 120 Å². The SMILES string of the molecule is C/C=C\C(=C/C)C(=O)C1([S+]2CCCC2)CCCCC1. The summed E-state index contributed by atoms with van der Waals surface area (Å²) in [7, 11) is 0.348. The molecule has 0 amide bonds. The van der Waals surface area contributed by atoms with Crippen LogP contribution in [0.1, 0.15) is 58.8 Å². The van der Waals surface area contributed by atoms with Gasteiger partial charge in [-0.1, -0.05) is 24.6 Å². The maximum Gasteiger partial charge on any atom is 0.217 e. The van der Waals surface area contributed by atoms with Crippen LogP contribution in [0.25, 0.3) is 0 Å². The second-order valence-electron chi connectivity index (χ2n) is 5.74. The second-order valence-corrected chi connectivity index (χ2v) is 8.32. The van der Waals surface area contributed by atoms with Crippen LogP contribution >= 0.6 is 0 Å². The number of hydrogen-bond donors (Lipinski definition) is 0. The lowest BCUT2D eigenvalue weighted by Crippen LogP contribution is -2.49. The van der Waals surface area contributed by atoms with Gasteiger partial charge in [0.25, 0.3) is 0 Å². The third kappa shape index (κ3) is 2.99. The number of carbonyl (C=O) groups is 1. The molecule has 2 aliphatic rings. The molecule has 1 saturated carbocycles. The quantitative estimate of drug-likeness (QED) is 0.428. The Morgan fingerprint density at radius 1 is 1.00 bits per heavy atom. The topological polar surface area (TPSA) is 17.1 Å². The average molecular weight is 279 g/mol. The van der Waals surface area contributed by atoms with Crippen molar-refractivity contribution >= 4 is 16.7 Å². The van der Waals surface area contributed by atoms with E-state index in [0.717, 1.165) is 18.4 Å².